The fourth-order valence-corrected chi connectivity index (χ4v) is 3.58. The van der Waals surface area contributed by atoms with E-state index in [2.05, 4.69) is 10.1 Å². The third kappa shape index (κ3) is 5.81. The number of methoxy groups -OCH3 is 1. The Balaban J connectivity index is 1.64. The van der Waals surface area contributed by atoms with Crippen molar-refractivity contribution >= 4 is 11.6 Å². The summed E-state index contributed by atoms with van der Waals surface area (Å²) in [5.74, 6) is -0.985. The van der Waals surface area contributed by atoms with E-state index in [1.54, 1.807) is 12.1 Å². The lowest BCUT2D eigenvalue weighted by Crippen LogP contribution is -2.45. The Morgan fingerprint density at radius 3 is 2.48 bits per heavy atom. The van der Waals surface area contributed by atoms with Gasteiger partial charge in [0, 0.05) is 25.2 Å². The Kier molecular flexibility index (Phi) is 7.27. The summed E-state index contributed by atoms with van der Waals surface area (Å²) in [6, 6.07) is 8.72. The first-order chi connectivity index (χ1) is 14.8. The molecule has 3 rings (SSSR count). The number of nitrogens with one attached hydrogen (secondary N) is 1. The number of nitrogens with zero attached hydrogens (tertiary/aromatic N) is 1. The summed E-state index contributed by atoms with van der Waals surface area (Å²) in [5, 5.41) is 2.68. The number of alkyl halides is 2. The van der Waals surface area contributed by atoms with Gasteiger partial charge in [-0.3, -0.25) is 4.79 Å². The van der Waals surface area contributed by atoms with Gasteiger partial charge in [0.25, 0.3) is 5.91 Å². The summed E-state index contributed by atoms with van der Waals surface area (Å²) in [6.45, 7) is 2.20. The van der Waals surface area contributed by atoms with E-state index < -0.39 is 12.5 Å². The Hall–Kier alpha value is -2.94. The van der Waals surface area contributed by atoms with E-state index in [-0.39, 0.29) is 41.6 Å². The average molecular weight is 438 g/mol. The largest absolute Gasteiger partial charge is 0.493 e. The van der Waals surface area contributed by atoms with Crippen LogP contribution in [-0.2, 0) is 11.3 Å². The standard InChI is InChI=1S/C22H25F3N2O4/c1-13-11-27(12-14(2)30-13)18-6-4-15(8-17(18)23)10-26-21(28)16-5-7-19(31-22(24)25)20(9-16)29-3/h4-9,13-14,22H,10-12H2,1-3H3,(H,26,28). The zero-order chi connectivity index (χ0) is 22.5. The van der Waals surface area contributed by atoms with Gasteiger partial charge < -0.3 is 24.4 Å². The van der Waals surface area contributed by atoms with Crippen LogP contribution in [0.25, 0.3) is 0 Å². The average Bonchev–Trinajstić information content (AvgIpc) is 2.71. The lowest BCUT2D eigenvalue weighted by Gasteiger charge is -2.37. The van der Waals surface area contributed by atoms with Crippen molar-refractivity contribution in [2.45, 2.75) is 39.2 Å². The fraction of sp³-hybridized carbons (Fsp3) is 0.409. The number of amides is 1. The highest BCUT2D eigenvalue weighted by molar-refractivity contribution is 5.94. The molecule has 0 radical (unpaired) electrons. The summed E-state index contributed by atoms with van der Waals surface area (Å²) >= 11 is 0. The molecule has 1 fully saturated rings. The number of halogens is 3. The molecule has 1 amide bonds. The first-order valence-electron chi connectivity index (χ1n) is 9.86. The molecule has 2 aromatic carbocycles. The van der Waals surface area contributed by atoms with Gasteiger partial charge in [0.1, 0.15) is 5.82 Å². The third-order valence-electron chi connectivity index (χ3n) is 4.87. The van der Waals surface area contributed by atoms with E-state index in [9.17, 15) is 18.0 Å². The smallest absolute Gasteiger partial charge is 0.387 e. The molecule has 31 heavy (non-hydrogen) atoms. The molecule has 6 nitrogen and oxygen atoms in total. The number of hydrogen-bond donors (Lipinski definition) is 1. The SMILES string of the molecule is COc1cc(C(=O)NCc2ccc(N3CC(C)OC(C)C3)c(F)c2)ccc1OC(F)F. The number of hydrogen-bond acceptors (Lipinski definition) is 5. The van der Waals surface area contributed by atoms with Crippen molar-refractivity contribution in [3.8, 4) is 11.5 Å². The fourth-order valence-electron chi connectivity index (χ4n) is 3.58. The van der Waals surface area contributed by atoms with Gasteiger partial charge in [0.05, 0.1) is 25.0 Å². The Morgan fingerprint density at radius 2 is 1.87 bits per heavy atom. The van der Waals surface area contributed by atoms with Gasteiger partial charge in [-0.05, 0) is 49.7 Å². The van der Waals surface area contributed by atoms with E-state index in [1.165, 1.54) is 31.4 Å². The van der Waals surface area contributed by atoms with Gasteiger partial charge in [0.15, 0.2) is 11.5 Å². The van der Waals surface area contributed by atoms with Crippen molar-refractivity contribution in [3.05, 3.63) is 53.3 Å². The molecule has 9 heteroatoms. The highest BCUT2D eigenvalue weighted by Gasteiger charge is 2.24. The highest BCUT2D eigenvalue weighted by atomic mass is 19.3. The summed E-state index contributed by atoms with van der Waals surface area (Å²) in [7, 11) is 1.29. The maximum Gasteiger partial charge on any atom is 0.387 e. The predicted octanol–water partition coefficient (Wildman–Crippen LogP) is 3.98. The number of carbonyl (C=O) groups excluding carboxylic acids is 1. The van der Waals surface area contributed by atoms with Crippen LogP contribution in [0.4, 0.5) is 18.9 Å². The zero-order valence-corrected chi connectivity index (χ0v) is 17.5. The van der Waals surface area contributed by atoms with Crippen molar-refractivity contribution in [2.24, 2.45) is 0 Å². The molecule has 1 N–H and O–H groups in total. The number of anilines is 1. The second kappa shape index (κ2) is 9.91. The van der Waals surface area contributed by atoms with Gasteiger partial charge in [-0.25, -0.2) is 4.39 Å². The van der Waals surface area contributed by atoms with Gasteiger partial charge in [-0.15, -0.1) is 0 Å². The Morgan fingerprint density at radius 1 is 1.16 bits per heavy atom. The molecule has 1 saturated heterocycles. The van der Waals surface area contributed by atoms with Crippen LogP contribution in [0.5, 0.6) is 11.5 Å². The molecule has 2 unspecified atom stereocenters. The molecule has 0 aliphatic carbocycles. The summed E-state index contributed by atoms with van der Waals surface area (Å²) in [4.78, 5) is 14.4. The Bertz CT molecular complexity index is 916. The Labute approximate surface area is 178 Å². The molecular weight excluding hydrogens is 413 g/mol. The minimum Gasteiger partial charge on any atom is -0.493 e. The van der Waals surface area contributed by atoms with E-state index >= 15 is 0 Å². The summed E-state index contributed by atoms with van der Waals surface area (Å²) < 4.78 is 54.6. The molecule has 2 atom stereocenters. The zero-order valence-electron chi connectivity index (χ0n) is 17.5. The number of ether oxygens (including phenoxy) is 3. The molecule has 1 heterocycles. The molecule has 0 bridgehead atoms. The second-order valence-corrected chi connectivity index (χ2v) is 7.37. The van der Waals surface area contributed by atoms with E-state index in [1.807, 2.05) is 18.7 Å². The van der Waals surface area contributed by atoms with Crippen LogP contribution in [-0.4, -0.2) is 44.9 Å². The lowest BCUT2D eigenvalue weighted by molar-refractivity contribution is -0.0512. The van der Waals surface area contributed by atoms with Crippen LogP contribution in [0, 0.1) is 5.82 Å². The van der Waals surface area contributed by atoms with Crippen LogP contribution in [0.2, 0.25) is 0 Å². The first kappa shape index (κ1) is 22.7. The maximum atomic E-state index is 14.7. The van der Waals surface area contributed by atoms with Gasteiger partial charge in [0.2, 0.25) is 0 Å². The number of benzene rings is 2. The lowest BCUT2D eigenvalue weighted by atomic mass is 10.1. The van der Waals surface area contributed by atoms with E-state index in [0.717, 1.165) is 0 Å². The van der Waals surface area contributed by atoms with Crippen LogP contribution in [0.3, 0.4) is 0 Å². The quantitative estimate of drug-likeness (QED) is 0.709. The molecule has 1 aliphatic rings. The highest BCUT2D eigenvalue weighted by Crippen LogP contribution is 2.29. The van der Waals surface area contributed by atoms with Gasteiger partial charge in [-0.1, -0.05) is 6.07 Å². The van der Waals surface area contributed by atoms with Crippen LogP contribution in [0.1, 0.15) is 29.8 Å². The first-order valence-corrected chi connectivity index (χ1v) is 9.86. The van der Waals surface area contributed by atoms with Crippen molar-refractivity contribution in [3.63, 3.8) is 0 Å². The number of morpholine rings is 1. The van der Waals surface area contributed by atoms with Crippen molar-refractivity contribution < 1.29 is 32.2 Å². The summed E-state index contributed by atoms with van der Waals surface area (Å²) in [5.41, 5.74) is 1.29. The molecular formula is C22H25F3N2O4. The van der Waals surface area contributed by atoms with E-state index in [4.69, 9.17) is 9.47 Å². The minimum atomic E-state index is -3.00. The number of carbonyl (C=O) groups is 1. The topological polar surface area (TPSA) is 60.0 Å². The predicted molar refractivity (Wildman–Crippen MR) is 109 cm³/mol. The molecule has 1 aliphatic heterocycles. The van der Waals surface area contributed by atoms with Crippen LogP contribution >= 0.6 is 0 Å². The summed E-state index contributed by atoms with van der Waals surface area (Å²) in [6.07, 6.45) is 0.0215. The molecule has 0 aromatic heterocycles. The molecule has 0 saturated carbocycles. The van der Waals surface area contributed by atoms with Gasteiger partial charge in [-0.2, -0.15) is 8.78 Å². The number of rotatable bonds is 7. The van der Waals surface area contributed by atoms with Crippen molar-refractivity contribution in [1.29, 1.82) is 0 Å². The molecule has 2 aromatic rings. The maximum absolute atomic E-state index is 14.7. The van der Waals surface area contributed by atoms with Gasteiger partial charge >= 0.3 is 6.61 Å². The third-order valence-corrected chi connectivity index (χ3v) is 4.87. The van der Waals surface area contributed by atoms with Crippen LogP contribution in [0.15, 0.2) is 36.4 Å². The van der Waals surface area contributed by atoms with Crippen molar-refractivity contribution in [1.82, 2.24) is 5.32 Å². The second-order valence-electron chi connectivity index (χ2n) is 7.37. The normalized spacial score (nSPS) is 18.7. The van der Waals surface area contributed by atoms with Crippen molar-refractivity contribution in [2.75, 3.05) is 25.1 Å². The minimum absolute atomic E-state index is 0.0107. The van der Waals surface area contributed by atoms with Crippen LogP contribution < -0.4 is 19.7 Å². The monoisotopic (exact) mass is 438 g/mol. The van der Waals surface area contributed by atoms with E-state index in [0.29, 0.717) is 24.3 Å². The molecule has 0 spiro atoms. The molecule has 168 valence electrons.